The first-order valence-corrected chi connectivity index (χ1v) is 10.1. The van der Waals surface area contributed by atoms with E-state index in [0.29, 0.717) is 12.1 Å². The van der Waals surface area contributed by atoms with E-state index >= 15 is 0 Å². The van der Waals surface area contributed by atoms with Gasteiger partial charge in [-0.05, 0) is 39.2 Å². The zero-order valence-electron chi connectivity index (χ0n) is 15.2. The highest BCUT2D eigenvalue weighted by Crippen LogP contribution is 2.41. The monoisotopic (exact) mass is 309 g/mol. The lowest BCUT2D eigenvalue weighted by molar-refractivity contribution is -0.0514. The minimum atomic E-state index is -0.335. The van der Waals surface area contributed by atoms with Crippen LogP contribution in [-0.2, 0) is 0 Å². The fourth-order valence-corrected chi connectivity index (χ4v) is 4.69. The molecule has 0 aromatic heterocycles. The highest BCUT2D eigenvalue weighted by molar-refractivity contribution is 5.00. The zero-order chi connectivity index (χ0) is 15.8. The van der Waals surface area contributed by atoms with Gasteiger partial charge in [0.25, 0.3) is 0 Å². The summed E-state index contributed by atoms with van der Waals surface area (Å²) in [4.78, 5) is 2.52. The van der Waals surface area contributed by atoms with E-state index < -0.39 is 0 Å². The minimum absolute atomic E-state index is 0.335. The summed E-state index contributed by atoms with van der Waals surface area (Å²) >= 11 is 0. The first kappa shape index (κ1) is 18.3. The van der Waals surface area contributed by atoms with Gasteiger partial charge >= 0.3 is 0 Å². The lowest BCUT2D eigenvalue weighted by atomic mass is 9.82. The Balaban J connectivity index is 1.47. The number of hydrogen-bond donors (Lipinski definition) is 1. The lowest BCUT2D eigenvalue weighted by Crippen LogP contribution is -2.49. The molecular weight excluding hydrogens is 270 g/mol. The predicted molar refractivity (Wildman–Crippen MR) is 95.2 cm³/mol. The quantitative estimate of drug-likeness (QED) is 0.524. The van der Waals surface area contributed by atoms with E-state index in [0.717, 1.165) is 19.3 Å². The molecule has 2 aliphatic heterocycles. The van der Waals surface area contributed by atoms with Crippen LogP contribution < -0.4 is 0 Å². The molecule has 0 aromatic carbocycles. The second-order valence-electron chi connectivity index (χ2n) is 8.12. The second-order valence-corrected chi connectivity index (χ2v) is 8.12. The maximum absolute atomic E-state index is 10.9. The molecule has 0 aromatic rings. The maximum Gasteiger partial charge on any atom is 0.0677 e. The topological polar surface area (TPSA) is 23.5 Å². The largest absolute Gasteiger partial charge is 0.390 e. The molecule has 2 rings (SSSR count). The van der Waals surface area contributed by atoms with Crippen LogP contribution in [0, 0.1) is 0 Å². The maximum atomic E-state index is 10.9. The Bertz CT molecular complexity index is 290. The molecule has 130 valence electrons. The molecule has 1 N–H and O–H groups in total. The van der Waals surface area contributed by atoms with E-state index in [1.807, 2.05) is 0 Å². The van der Waals surface area contributed by atoms with Crippen LogP contribution in [0.5, 0.6) is 0 Å². The predicted octanol–water partition coefficient (Wildman–Crippen LogP) is 5.29. The van der Waals surface area contributed by atoms with E-state index in [4.69, 9.17) is 0 Å². The zero-order valence-corrected chi connectivity index (χ0v) is 15.2. The van der Waals surface area contributed by atoms with Crippen molar-refractivity contribution in [3.63, 3.8) is 0 Å². The Morgan fingerprint density at radius 1 is 0.818 bits per heavy atom. The molecule has 2 aliphatic rings. The van der Waals surface area contributed by atoms with Gasteiger partial charge < -0.3 is 10.0 Å². The summed E-state index contributed by atoms with van der Waals surface area (Å²) < 4.78 is 0. The van der Waals surface area contributed by atoms with Crippen LogP contribution in [0.2, 0.25) is 0 Å². The fraction of sp³-hybridized carbons (Fsp3) is 1.00. The number of rotatable bonds is 11. The molecule has 2 bridgehead atoms. The molecule has 2 atom stereocenters. The van der Waals surface area contributed by atoms with E-state index in [-0.39, 0.29) is 5.60 Å². The third kappa shape index (κ3) is 5.53. The average Bonchev–Trinajstić information content (AvgIpc) is 2.73. The first-order chi connectivity index (χ1) is 10.6. The van der Waals surface area contributed by atoms with E-state index in [9.17, 15) is 5.11 Å². The first-order valence-electron chi connectivity index (χ1n) is 10.1. The van der Waals surface area contributed by atoms with Gasteiger partial charge in [-0.2, -0.15) is 0 Å². The van der Waals surface area contributed by atoms with Gasteiger partial charge in [0, 0.05) is 12.1 Å². The number of fused-ring (bicyclic) bond motifs is 2. The van der Waals surface area contributed by atoms with Crippen LogP contribution in [0.25, 0.3) is 0 Å². The second kappa shape index (κ2) is 9.27. The van der Waals surface area contributed by atoms with Crippen molar-refractivity contribution in [2.75, 3.05) is 7.05 Å². The Morgan fingerprint density at radius 2 is 1.27 bits per heavy atom. The summed E-state index contributed by atoms with van der Waals surface area (Å²) in [5.74, 6) is 0. The van der Waals surface area contributed by atoms with E-state index in [1.165, 1.54) is 77.0 Å². The summed E-state index contributed by atoms with van der Waals surface area (Å²) in [6, 6.07) is 1.32. The van der Waals surface area contributed by atoms with Crippen molar-refractivity contribution < 1.29 is 5.11 Å². The molecule has 0 aliphatic carbocycles. The average molecular weight is 310 g/mol. The van der Waals surface area contributed by atoms with Gasteiger partial charge in [0.2, 0.25) is 0 Å². The molecule has 0 radical (unpaired) electrons. The molecule has 2 nitrogen and oxygen atoms in total. The Morgan fingerprint density at radius 3 is 1.77 bits per heavy atom. The Kier molecular flexibility index (Phi) is 7.70. The summed E-state index contributed by atoms with van der Waals surface area (Å²) in [5.41, 5.74) is -0.335. The van der Waals surface area contributed by atoms with Crippen LogP contribution in [0.1, 0.15) is 103 Å². The van der Waals surface area contributed by atoms with Gasteiger partial charge in [0.15, 0.2) is 0 Å². The summed E-state index contributed by atoms with van der Waals surface area (Å²) in [5, 5.41) is 10.9. The SMILES string of the molecule is CCCCCCCCCCCCC1(O)CC2CCC(C1)N2C. The molecule has 2 saturated heterocycles. The third-order valence-corrected chi connectivity index (χ3v) is 6.21. The van der Waals surface area contributed by atoms with Gasteiger partial charge in [0.05, 0.1) is 5.60 Å². The Hall–Kier alpha value is -0.0800. The highest BCUT2D eigenvalue weighted by atomic mass is 16.3. The van der Waals surface area contributed by atoms with Crippen LogP contribution in [0.4, 0.5) is 0 Å². The molecule has 2 heteroatoms. The molecular formula is C20H39NO. The van der Waals surface area contributed by atoms with Gasteiger partial charge in [-0.25, -0.2) is 0 Å². The number of piperidine rings is 1. The van der Waals surface area contributed by atoms with Crippen molar-refractivity contribution in [2.45, 2.75) is 121 Å². The smallest absolute Gasteiger partial charge is 0.0677 e. The number of nitrogens with zero attached hydrogens (tertiary/aromatic N) is 1. The number of aliphatic hydroxyl groups is 1. The molecule has 0 spiro atoms. The van der Waals surface area contributed by atoms with Gasteiger partial charge in [-0.1, -0.05) is 71.1 Å². The minimum Gasteiger partial charge on any atom is -0.390 e. The van der Waals surface area contributed by atoms with Crippen molar-refractivity contribution in [3.8, 4) is 0 Å². The third-order valence-electron chi connectivity index (χ3n) is 6.21. The Labute approximate surface area is 138 Å². The normalized spacial score (nSPS) is 31.8. The molecule has 22 heavy (non-hydrogen) atoms. The van der Waals surface area contributed by atoms with Gasteiger partial charge in [-0.15, -0.1) is 0 Å². The molecule has 2 fully saturated rings. The van der Waals surface area contributed by atoms with Crippen molar-refractivity contribution >= 4 is 0 Å². The standard InChI is InChI=1S/C20H39NO/c1-3-4-5-6-7-8-9-10-11-12-15-20(22)16-18-13-14-19(17-20)21(18)2/h18-19,22H,3-17H2,1-2H3. The van der Waals surface area contributed by atoms with Crippen molar-refractivity contribution in [3.05, 3.63) is 0 Å². The van der Waals surface area contributed by atoms with Gasteiger partial charge in [0.1, 0.15) is 0 Å². The summed E-state index contributed by atoms with van der Waals surface area (Å²) in [6.45, 7) is 2.28. The summed E-state index contributed by atoms with van der Waals surface area (Å²) in [6.07, 6.45) is 19.5. The van der Waals surface area contributed by atoms with Crippen LogP contribution in [0.15, 0.2) is 0 Å². The van der Waals surface area contributed by atoms with Gasteiger partial charge in [-0.3, -0.25) is 0 Å². The van der Waals surface area contributed by atoms with E-state index in [1.54, 1.807) is 0 Å². The number of hydrogen-bond acceptors (Lipinski definition) is 2. The van der Waals surface area contributed by atoms with E-state index in [2.05, 4.69) is 18.9 Å². The van der Waals surface area contributed by atoms with Crippen LogP contribution in [-0.4, -0.2) is 34.7 Å². The van der Waals surface area contributed by atoms with Crippen molar-refractivity contribution in [1.29, 1.82) is 0 Å². The summed E-state index contributed by atoms with van der Waals surface area (Å²) in [7, 11) is 2.25. The van der Waals surface area contributed by atoms with Crippen LogP contribution in [0.3, 0.4) is 0 Å². The number of unbranched alkanes of at least 4 members (excludes halogenated alkanes) is 9. The molecule has 0 amide bonds. The molecule has 0 saturated carbocycles. The highest BCUT2D eigenvalue weighted by Gasteiger charge is 2.45. The van der Waals surface area contributed by atoms with Crippen molar-refractivity contribution in [2.24, 2.45) is 0 Å². The lowest BCUT2D eigenvalue weighted by Gasteiger charge is -2.42. The molecule has 2 unspecified atom stereocenters. The molecule has 2 heterocycles. The fourth-order valence-electron chi connectivity index (χ4n) is 4.69. The van der Waals surface area contributed by atoms with Crippen LogP contribution >= 0.6 is 0 Å². The van der Waals surface area contributed by atoms with Crippen molar-refractivity contribution in [1.82, 2.24) is 4.90 Å².